The summed E-state index contributed by atoms with van der Waals surface area (Å²) in [5, 5.41) is 27.6. The molecule has 19 rings (SSSR count). The molecule has 0 radical (unpaired) electrons. The van der Waals surface area contributed by atoms with Crippen molar-refractivity contribution in [3.8, 4) is 0 Å². The number of fused-ring (bicyclic) bond motifs is 4. The maximum atomic E-state index is 14.0. The third kappa shape index (κ3) is 20.1. The molecule has 0 aliphatic carbocycles. The first-order valence-electron chi connectivity index (χ1n) is 43.6. The van der Waals surface area contributed by atoms with E-state index in [0.717, 1.165) is 24.3 Å². The summed E-state index contributed by atoms with van der Waals surface area (Å²) in [4.78, 5) is 122. The number of aromatic nitrogens is 10. The standard InChI is InChI=1S/C25H21F5N4O2.2C24H20F5N5O2.C20H19F5N4O2/c26-18-7-6-16(20(21(18)27)25(28,29)30)14-8-10-33(11-9-14)24(36)22-17-12-34(13-19(17)31-32-22)23(35)15-4-2-1-3-5-15;25-17-4-3-15(19(20(17)26)24(27,28)29)13-5-8-33(9-6-13)23(36)21-16-11-34(12-18(16)31-32-21)22(35)14-2-1-7-30-10-14;25-16-5-4-14(19(20(16)26)24(27,28)29)13-6-9-33(10-7-13)23(36)21-15-11-34(12-18(15)31-32-21)22(35)17-3-1-2-8-30-17;1-10(30)29-8-13-15(9-29)26-27-18(13)19(31)28-6-4-11(5-7-28)12-2-3-14(21)17(22)16(12)20(23,24)25/h1-7,14H,8-13H2,(H,31,32);1-4,7,10,13H,5-6,8-9,11-12H2,(H,31,32);1-5,8,13H,6-7,9-12H2,(H,31,32);2-3,11H,4-9H2,1H3,(H,26,27). The minimum atomic E-state index is -5.04. The van der Waals surface area contributed by atoms with Gasteiger partial charge in [0.15, 0.2) is 69.3 Å². The molecule has 139 heavy (non-hydrogen) atoms. The highest BCUT2D eigenvalue weighted by Crippen LogP contribution is 2.48. The van der Waals surface area contributed by atoms with Crippen molar-refractivity contribution in [2.24, 2.45) is 0 Å². The molecular weight excluding hydrogens is 1880 g/mol. The molecule has 4 fully saturated rings. The second-order valence-electron chi connectivity index (χ2n) is 34.4. The van der Waals surface area contributed by atoms with E-state index in [1.165, 1.54) is 43.8 Å². The van der Waals surface area contributed by atoms with Crippen molar-refractivity contribution in [2.45, 2.75) is 159 Å². The number of hydrogen-bond acceptors (Lipinski definition) is 14. The van der Waals surface area contributed by atoms with Gasteiger partial charge in [-0.1, -0.05) is 48.5 Å². The van der Waals surface area contributed by atoms with Crippen molar-refractivity contribution in [1.82, 2.24) is 90.0 Å². The Morgan fingerprint density at radius 3 is 0.842 bits per heavy atom. The highest BCUT2D eigenvalue weighted by molar-refractivity contribution is 5.99. The number of H-pyrrole nitrogens is 4. The van der Waals surface area contributed by atoms with Crippen LogP contribution in [0.5, 0.6) is 0 Å². The quantitative estimate of drug-likeness (QED) is 0.0876. The molecule has 6 aromatic heterocycles. The number of aromatic amines is 4. The molecule has 26 nitrogen and oxygen atoms in total. The second-order valence-corrected chi connectivity index (χ2v) is 34.4. The molecule has 0 bridgehead atoms. The number of amides is 8. The number of piperidine rings is 4. The van der Waals surface area contributed by atoms with Crippen LogP contribution in [0.4, 0.5) is 87.8 Å². The Morgan fingerprint density at radius 1 is 0.295 bits per heavy atom. The summed E-state index contributed by atoms with van der Waals surface area (Å²) in [5.74, 6) is -18.9. The monoisotopic (exact) mass is 1960 g/mol. The largest absolute Gasteiger partial charge is 0.419 e. The third-order valence-corrected chi connectivity index (χ3v) is 26.1. The minimum absolute atomic E-state index is 0.123. The van der Waals surface area contributed by atoms with Gasteiger partial charge in [-0.3, -0.25) is 68.7 Å². The van der Waals surface area contributed by atoms with E-state index in [0.29, 0.717) is 87.0 Å². The van der Waals surface area contributed by atoms with E-state index in [-0.39, 0.29) is 236 Å². The normalized spacial score (nSPS) is 16.6. The summed E-state index contributed by atoms with van der Waals surface area (Å²) in [7, 11) is 0. The lowest BCUT2D eigenvalue weighted by molar-refractivity contribution is -0.142. The molecule has 0 spiro atoms. The molecular formula is C93H80F20N18O8. The summed E-state index contributed by atoms with van der Waals surface area (Å²) in [6.45, 7) is 4.43. The maximum absolute atomic E-state index is 14.0. The van der Waals surface area contributed by atoms with E-state index in [1.807, 2.05) is 6.07 Å². The SMILES string of the molecule is CC(=O)N1Cc2[nH]nc(C(=O)N3CCC(c4ccc(F)c(F)c4C(F)(F)F)CC3)c2C1.O=C(c1ccccc1)N1Cc2[nH]nc(C(=O)N3CCC(c4ccc(F)c(F)c4C(F)(F)F)CC3)c2C1.O=C(c1ccccn1)N1Cc2[nH]nc(C(=O)N3CCC(c4ccc(F)c(F)c4C(F)(F)F)CC3)c2C1.O=C(c1cccnc1)N1Cc2[nH]nc(C(=O)N3CCC(c4ccc(F)c(F)c4C(F)(F)F)CC3)c2C1. The van der Waals surface area contributed by atoms with E-state index < -0.39 is 129 Å². The lowest BCUT2D eigenvalue weighted by Gasteiger charge is -2.33. The predicted octanol–water partition coefficient (Wildman–Crippen LogP) is 17.0. The number of carbonyl (C=O) groups is 8. The maximum Gasteiger partial charge on any atom is 0.419 e. The Morgan fingerprint density at radius 2 is 0.568 bits per heavy atom. The van der Waals surface area contributed by atoms with E-state index in [4.69, 9.17) is 0 Å². The summed E-state index contributed by atoms with van der Waals surface area (Å²) in [6, 6.07) is 23.7. The molecule has 8 amide bonds. The van der Waals surface area contributed by atoms with Gasteiger partial charge >= 0.3 is 24.7 Å². The van der Waals surface area contributed by atoms with Crippen molar-refractivity contribution in [2.75, 3.05) is 52.4 Å². The van der Waals surface area contributed by atoms with Gasteiger partial charge in [0, 0.05) is 106 Å². The Labute approximate surface area is 775 Å². The van der Waals surface area contributed by atoms with Gasteiger partial charge in [0.2, 0.25) is 5.91 Å². The number of hydrogen-bond donors (Lipinski definition) is 4. The van der Waals surface area contributed by atoms with Crippen molar-refractivity contribution < 1.29 is 126 Å². The van der Waals surface area contributed by atoms with Crippen molar-refractivity contribution in [3.63, 3.8) is 0 Å². The molecule has 8 aliphatic heterocycles. The second kappa shape index (κ2) is 39.2. The molecule has 730 valence electrons. The third-order valence-electron chi connectivity index (χ3n) is 26.1. The molecule has 0 atom stereocenters. The van der Waals surface area contributed by atoms with Crippen LogP contribution in [0.1, 0.15) is 245 Å². The highest BCUT2D eigenvalue weighted by Gasteiger charge is 2.48. The Bertz CT molecular complexity index is 6050. The first-order valence-corrected chi connectivity index (χ1v) is 43.6. The van der Waals surface area contributed by atoms with Gasteiger partial charge < -0.3 is 39.2 Å². The summed E-state index contributed by atoms with van der Waals surface area (Å²) < 4.78 is 271. The van der Waals surface area contributed by atoms with Gasteiger partial charge in [0.05, 0.1) is 103 Å². The zero-order valence-corrected chi connectivity index (χ0v) is 73.0. The van der Waals surface area contributed by atoms with Gasteiger partial charge in [-0.2, -0.15) is 73.1 Å². The average molecular weight is 1960 g/mol. The molecule has 4 saturated heterocycles. The lowest BCUT2D eigenvalue weighted by Crippen LogP contribution is -2.39. The number of halogens is 20. The fourth-order valence-electron chi connectivity index (χ4n) is 19.0. The smallest absolute Gasteiger partial charge is 0.337 e. The van der Waals surface area contributed by atoms with E-state index >= 15 is 0 Å². The number of rotatable bonds is 11. The molecule has 4 N–H and O–H groups in total. The lowest BCUT2D eigenvalue weighted by atomic mass is 9.86. The van der Waals surface area contributed by atoms with Crippen LogP contribution in [0.2, 0.25) is 0 Å². The van der Waals surface area contributed by atoms with Crippen LogP contribution in [-0.4, -0.2) is 190 Å². The molecule has 46 heteroatoms. The first kappa shape index (κ1) is 97.7. The van der Waals surface area contributed by atoms with Gasteiger partial charge in [-0.05, 0) is 158 Å². The van der Waals surface area contributed by atoms with Crippen LogP contribution >= 0.6 is 0 Å². The molecule has 0 saturated carbocycles. The Kier molecular flexibility index (Phi) is 27.6. The number of pyridine rings is 2. The van der Waals surface area contributed by atoms with Crippen molar-refractivity contribution in [1.29, 1.82) is 0 Å². The number of nitrogens with zero attached hydrogens (tertiary/aromatic N) is 14. The summed E-state index contributed by atoms with van der Waals surface area (Å²) in [5.41, 5.74) is -0.568. The minimum Gasteiger partial charge on any atom is -0.337 e. The zero-order chi connectivity index (χ0) is 99.3. The van der Waals surface area contributed by atoms with Crippen LogP contribution in [-0.2, 0) is 81.9 Å². The molecule has 14 heterocycles. The van der Waals surface area contributed by atoms with Crippen LogP contribution in [0.3, 0.4) is 0 Å². The Balaban J connectivity index is 0.000000134. The number of alkyl halides is 12. The predicted molar refractivity (Wildman–Crippen MR) is 447 cm³/mol. The van der Waals surface area contributed by atoms with E-state index in [1.54, 1.807) is 75.5 Å². The van der Waals surface area contributed by atoms with Gasteiger partial charge in [0.25, 0.3) is 41.4 Å². The number of nitrogens with one attached hydrogen (secondary N) is 4. The van der Waals surface area contributed by atoms with E-state index in [2.05, 4.69) is 50.8 Å². The summed E-state index contributed by atoms with van der Waals surface area (Å²) in [6.07, 6.45) is -14.3. The fourth-order valence-corrected chi connectivity index (χ4v) is 19.0. The zero-order valence-electron chi connectivity index (χ0n) is 73.0. The van der Waals surface area contributed by atoms with Crippen LogP contribution < -0.4 is 0 Å². The number of likely N-dealkylation sites (tertiary alicyclic amines) is 4. The fraction of sp³-hybridized carbons (Fsp3) is 0.355. The van der Waals surface area contributed by atoms with Gasteiger partial charge in [-0.15, -0.1) is 0 Å². The van der Waals surface area contributed by atoms with Gasteiger partial charge in [0.1, 0.15) is 5.69 Å². The van der Waals surface area contributed by atoms with Crippen LogP contribution in [0.15, 0.2) is 128 Å². The molecule has 5 aromatic carbocycles. The topological polar surface area (TPSA) is 303 Å². The number of carbonyl (C=O) groups excluding carboxylic acids is 8. The van der Waals surface area contributed by atoms with Crippen LogP contribution in [0.25, 0.3) is 0 Å². The van der Waals surface area contributed by atoms with Crippen LogP contribution in [0, 0.1) is 46.5 Å². The van der Waals surface area contributed by atoms with Gasteiger partial charge in [-0.25, -0.2) is 35.1 Å². The molecule has 11 aromatic rings. The number of benzene rings is 5. The average Bonchev–Trinajstić information content (AvgIpc) is 0.819. The van der Waals surface area contributed by atoms with E-state index in [9.17, 15) is 126 Å². The van der Waals surface area contributed by atoms with Crippen molar-refractivity contribution in [3.05, 3.63) is 303 Å². The molecule has 8 aliphatic rings. The highest BCUT2D eigenvalue weighted by atomic mass is 19.4. The first-order chi connectivity index (χ1) is 66.0. The molecule has 0 unspecified atom stereocenters. The summed E-state index contributed by atoms with van der Waals surface area (Å²) >= 11 is 0. The Hall–Kier alpha value is -14.4. The van der Waals surface area contributed by atoms with Crippen molar-refractivity contribution >= 4 is 47.3 Å².